The molecule has 0 bridgehead atoms. The molecule has 0 radical (unpaired) electrons. The first-order valence-corrected chi connectivity index (χ1v) is 13.5. The summed E-state index contributed by atoms with van der Waals surface area (Å²) in [5.74, 6) is -0.419. The number of nitrogens with one attached hydrogen (secondary N) is 1. The van der Waals surface area contributed by atoms with E-state index >= 15 is 0 Å². The van der Waals surface area contributed by atoms with Crippen molar-refractivity contribution in [1.82, 2.24) is 10.2 Å². The predicted molar refractivity (Wildman–Crippen MR) is 146 cm³/mol. The van der Waals surface area contributed by atoms with Gasteiger partial charge in [0.1, 0.15) is 24.1 Å². The Labute approximate surface area is 228 Å². The third kappa shape index (κ3) is 6.56. The quantitative estimate of drug-likeness (QED) is 0.384. The van der Waals surface area contributed by atoms with Crippen LogP contribution in [0.25, 0.3) is 0 Å². The Kier molecular flexibility index (Phi) is 9.60. The summed E-state index contributed by atoms with van der Waals surface area (Å²) in [6.07, 6.45) is 0. The lowest BCUT2D eigenvalue weighted by Gasteiger charge is -2.32. The molecule has 0 fully saturated rings. The van der Waals surface area contributed by atoms with E-state index in [0.717, 1.165) is 4.31 Å². The number of benzene rings is 3. The van der Waals surface area contributed by atoms with E-state index < -0.39 is 34.4 Å². The fraction of sp³-hybridized carbons (Fsp3) is 0.259. The first-order chi connectivity index (χ1) is 18.1. The molecule has 0 aromatic heterocycles. The highest BCUT2D eigenvalue weighted by Crippen LogP contribution is 2.36. The highest BCUT2D eigenvalue weighted by Gasteiger charge is 2.33. The monoisotopic (exact) mass is 559 g/mol. The SMILES string of the molecule is CNC(=O)[C@@H](C)N(Cc1cccc(Cl)c1)C(=O)CN(c1cc(OC)ccc1OC)S(=O)(=O)c1ccccc1. The molecule has 3 aromatic carbocycles. The number of amides is 2. The molecule has 11 heteroatoms. The maximum Gasteiger partial charge on any atom is 0.264 e. The van der Waals surface area contributed by atoms with Crippen LogP contribution >= 0.6 is 11.6 Å². The largest absolute Gasteiger partial charge is 0.497 e. The van der Waals surface area contributed by atoms with Gasteiger partial charge in [-0.3, -0.25) is 13.9 Å². The van der Waals surface area contributed by atoms with E-state index in [1.165, 1.54) is 44.4 Å². The normalized spacial score (nSPS) is 11.8. The zero-order chi connectivity index (χ0) is 27.9. The maximum absolute atomic E-state index is 13.9. The van der Waals surface area contributed by atoms with Crippen molar-refractivity contribution in [2.24, 2.45) is 0 Å². The molecule has 0 saturated carbocycles. The van der Waals surface area contributed by atoms with Crippen molar-refractivity contribution in [3.63, 3.8) is 0 Å². The summed E-state index contributed by atoms with van der Waals surface area (Å²) >= 11 is 6.14. The second-order valence-electron chi connectivity index (χ2n) is 8.30. The molecule has 0 saturated heterocycles. The molecule has 0 unspecified atom stereocenters. The van der Waals surface area contributed by atoms with E-state index in [2.05, 4.69) is 5.32 Å². The number of sulfonamides is 1. The van der Waals surface area contributed by atoms with Crippen LogP contribution in [0.15, 0.2) is 77.7 Å². The van der Waals surface area contributed by atoms with E-state index in [1.807, 2.05) is 0 Å². The Hall–Kier alpha value is -3.76. The molecule has 38 heavy (non-hydrogen) atoms. The summed E-state index contributed by atoms with van der Waals surface area (Å²) in [5, 5.41) is 3.01. The topological polar surface area (TPSA) is 105 Å². The summed E-state index contributed by atoms with van der Waals surface area (Å²) in [7, 11) is 0.0750. The van der Waals surface area contributed by atoms with E-state index in [-0.39, 0.29) is 22.9 Å². The third-order valence-electron chi connectivity index (χ3n) is 5.92. The lowest BCUT2D eigenvalue weighted by atomic mass is 10.1. The van der Waals surface area contributed by atoms with Crippen LogP contribution < -0.4 is 19.1 Å². The van der Waals surface area contributed by atoms with Crippen LogP contribution in [0.4, 0.5) is 5.69 Å². The average Bonchev–Trinajstić information content (AvgIpc) is 2.93. The molecular weight excluding hydrogens is 530 g/mol. The van der Waals surface area contributed by atoms with Gasteiger partial charge in [-0.2, -0.15) is 0 Å². The van der Waals surface area contributed by atoms with Gasteiger partial charge < -0.3 is 19.7 Å². The van der Waals surface area contributed by atoms with Gasteiger partial charge in [-0.05, 0) is 48.9 Å². The Morgan fingerprint density at radius 1 is 0.974 bits per heavy atom. The minimum atomic E-state index is -4.24. The van der Waals surface area contributed by atoms with Crippen LogP contribution in [0.1, 0.15) is 12.5 Å². The van der Waals surface area contributed by atoms with Crippen LogP contribution in [0, 0.1) is 0 Å². The lowest BCUT2D eigenvalue weighted by molar-refractivity contribution is -0.139. The second-order valence-corrected chi connectivity index (χ2v) is 10.6. The number of nitrogens with zero attached hydrogens (tertiary/aromatic N) is 2. The first-order valence-electron chi connectivity index (χ1n) is 11.7. The third-order valence-corrected chi connectivity index (χ3v) is 7.93. The van der Waals surface area contributed by atoms with Crippen molar-refractivity contribution in [1.29, 1.82) is 0 Å². The number of ether oxygens (including phenoxy) is 2. The van der Waals surface area contributed by atoms with Crippen LogP contribution in [0.5, 0.6) is 11.5 Å². The molecule has 3 aromatic rings. The fourth-order valence-corrected chi connectivity index (χ4v) is 5.50. The number of carbonyl (C=O) groups is 2. The van der Waals surface area contributed by atoms with Crippen molar-refractivity contribution in [2.75, 3.05) is 32.1 Å². The molecule has 0 aliphatic carbocycles. The lowest BCUT2D eigenvalue weighted by Crippen LogP contribution is -2.50. The predicted octanol–water partition coefficient (Wildman–Crippen LogP) is 3.72. The fourth-order valence-electron chi connectivity index (χ4n) is 3.85. The second kappa shape index (κ2) is 12.7. The molecule has 0 aliphatic rings. The zero-order valence-electron chi connectivity index (χ0n) is 21.5. The van der Waals surface area contributed by atoms with Gasteiger partial charge in [-0.1, -0.05) is 41.9 Å². The molecule has 2 amide bonds. The van der Waals surface area contributed by atoms with Crippen molar-refractivity contribution in [3.05, 3.63) is 83.4 Å². The molecule has 1 N–H and O–H groups in total. The number of rotatable bonds is 11. The Morgan fingerprint density at radius 3 is 2.29 bits per heavy atom. The van der Waals surface area contributed by atoms with Gasteiger partial charge in [0.2, 0.25) is 11.8 Å². The van der Waals surface area contributed by atoms with Gasteiger partial charge in [0.15, 0.2) is 0 Å². The molecule has 9 nitrogen and oxygen atoms in total. The zero-order valence-corrected chi connectivity index (χ0v) is 23.1. The molecule has 202 valence electrons. The van der Waals surface area contributed by atoms with Crippen LogP contribution in [0.3, 0.4) is 0 Å². The number of anilines is 1. The van der Waals surface area contributed by atoms with Gasteiger partial charge >= 0.3 is 0 Å². The minimum absolute atomic E-state index is 0.0154. The van der Waals surface area contributed by atoms with Crippen LogP contribution in [-0.4, -0.2) is 59.0 Å². The van der Waals surface area contributed by atoms with Crippen molar-refractivity contribution in [3.8, 4) is 11.5 Å². The maximum atomic E-state index is 13.9. The average molecular weight is 560 g/mol. The molecule has 0 aliphatic heterocycles. The summed E-state index contributed by atoms with van der Waals surface area (Å²) in [5.41, 5.74) is 0.789. The van der Waals surface area contributed by atoms with Crippen molar-refractivity contribution < 1.29 is 27.5 Å². The van der Waals surface area contributed by atoms with E-state index in [4.69, 9.17) is 21.1 Å². The summed E-state index contributed by atoms with van der Waals surface area (Å²) in [6.45, 7) is 0.995. The van der Waals surface area contributed by atoms with Gasteiger partial charge in [0.25, 0.3) is 10.0 Å². The van der Waals surface area contributed by atoms with Crippen molar-refractivity contribution >= 4 is 39.1 Å². The van der Waals surface area contributed by atoms with Crippen molar-refractivity contribution in [2.45, 2.75) is 24.4 Å². The molecule has 0 spiro atoms. The Bertz CT molecular complexity index is 1380. The molecular formula is C27H30ClN3O6S. The number of hydrogen-bond donors (Lipinski definition) is 1. The number of methoxy groups -OCH3 is 2. The number of carbonyl (C=O) groups excluding carboxylic acids is 2. The highest BCUT2D eigenvalue weighted by atomic mass is 35.5. The summed E-state index contributed by atoms with van der Waals surface area (Å²) in [4.78, 5) is 27.7. The van der Waals surface area contributed by atoms with Crippen LogP contribution in [0.2, 0.25) is 5.02 Å². The van der Waals surface area contributed by atoms with E-state index in [9.17, 15) is 18.0 Å². The van der Waals surface area contributed by atoms with Gasteiger partial charge in [0.05, 0.1) is 24.8 Å². The molecule has 1 atom stereocenters. The summed E-state index contributed by atoms with van der Waals surface area (Å²) < 4.78 is 39.5. The number of halogens is 1. The highest BCUT2D eigenvalue weighted by molar-refractivity contribution is 7.92. The van der Waals surface area contributed by atoms with E-state index in [0.29, 0.717) is 16.3 Å². The standard InChI is InChI=1S/C27H30ClN3O6S/c1-19(27(33)29-2)30(17-20-9-8-10-21(28)15-20)26(32)18-31(38(34,35)23-11-6-5-7-12-23)24-16-22(36-3)13-14-25(24)37-4/h5-16,19H,17-18H2,1-4H3,(H,29,33)/t19-/m1/s1. The van der Waals surface area contributed by atoms with Gasteiger partial charge in [0, 0.05) is 24.7 Å². The molecule has 3 rings (SSSR count). The van der Waals surface area contributed by atoms with Gasteiger partial charge in [-0.15, -0.1) is 0 Å². The Morgan fingerprint density at radius 2 is 1.68 bits per heavy atom. The Balaban J connectivity index is 2.11. The number of likely N-dealkylation sites (N-methyl/N-ethyl adjacent to an activating group) is 1. The van der Waals surface area contributed by atoms with Crippen LogP contribution in [-0.2, 0) is 26.2 Å². The molecule has 0 heterocycles. The van der Waals surface area contributed by atoms with Gasteiger partial charge in [-0.25, -0.2) is 8.42 Å². The van der Waals surface area contributed by atoms with E-state index in [1.54, 1.807) is 61.5 Å². The first kappa shape index (κ1) is 28.8. The smallest absolute Gasteiger partial charge is 0.264 e. The summed E-state index contributed by atoms with van der Waals surface area (Å²) in [6, 6.07) is 18.4. The minimum Gasteiger partial charge on any atom is -0.497 e. The number of hydrogen-bond acceptors (Lipinski definition) is 6.